The Morgan fingerprint density at radius 3 is 2.60 bits per heavy atom. The van der Waals surface area contributed by atoms with Crippen LogP contribution in [0.4, 0.5) is 5.69 Å². The van der Waals surface area contributed by atoms with Crippen molar-refractivity contribution in [2.24, 2.45) is 0 Å². The number of piperidine rings is 1. The number of carbonyl (C=O) groups is 2. The van der Waals surface area contributed by atoms with Crippen LogP contribution in [0, 0.1) is 0 Å². The number of rotatable bonds is 2. The van der Waals surface area contributed by atoms with Gasteiger partial charge in [-0.25, -0.2) is 0 Å². The lowest BCUT2D eigenvalue weighted by molar-refractivity contribution is -0.135. The van der Waals surface area contributed by atoms with Gasteiger partial charge in [-0.05, 0) is 36.1 Å². The molecule has 0 saturated carbocycles. The molecule has 5 heteroatoms. The zero-order chi connectivity index (χ0) is 17.7. The average molecular weight is 335 g/mol. The molecule has 25 heavy (non-hydrogen) atoms. The molecule has 0 aliphatic carbocycles. The van der Waals surface area contributed by atoms with Crippen molar-refractivity contribution < 1.29 is 9.59 Å². The minimum absolute atomic E-state index is 0.205. The van der Waals surface area contributed by atoms with E-state index in [1.165, 1.54) is 0 Å². The molecule has 1 fully saturated rings. The standard InChI is InChI=1S/C20H21N3O2/c1-11(2)13-9-14-12-5-3-4-6-16(12)23(18(14)10-15(13)21)17-7-8-19(24)22-20(17)25/h3-6,9-11,17H,7-8,21H2,1-2H3,(H,22,24,25). The molecule has 1 aliphatic heterocycles. The summed E-state index contributed by atoms with van der Waals surface area (Å²) >= 11 is 0. The Hall–Kier alpha value is -2.82. The van der Waals surface area contributed by atoms with Crippen molar-refractivity contribution >= 4 is 39.3 Å². The Morgan fingerprint density at radius 2 is 1.88 bits per heavy atom. The monoisotopic (exact) mass is 335 g/mol. The van der Waals surface area contributed by atoms with Gasteiger partial charge < -0.3 is 10.3 Å². The highest BCUT2D eigenvalue weighted by Gasteiger charge is 2.30. The largest absolute Gasteiger partial charge is 0.398 e. The molecule has 128 valence electrons. The number of benzene rings is 2. The fourth-order valence-electron chi connectivity index (χ4n) is 3.84. The number of hydrogen-bond acceptors (Lipinski definition) is 3. The highest BCUT2D eigenvalue weighted by Crippen LogP contribution is 2.37. The van der Waals surface area contributed by atoms with E-state index in [-0.39, 0.29) is 11.8 Å². The summed E-state index contributed by atoms with van der Waals surface area (Å²) in [7, 11) is 0. The third-order valence-electron chi connectivity index (χ3n) is 5.06. The first kappa shape index (κ1) is 15.7. The lowest BCUT2D eigenvalue weighted by Crippen LogP contribution is -2.41. The van der Waals surface area contributed by atoms with Gasteiger partial charge in [0.2, 0.25) is 11.8 Å². The number of nitrogens with one attached hydrogen (secondary N) is 1. The summed E-state index contributed by atoms with van der Waals surface area (Å²) in [4.78, 5) is 24.0. The smallest absolute Gasteiger partial charge is 0.249 e. The molecular formula is C20H21N3O2. The Morgan fingerprint density at radius 1 is 1.12 bits per heavy atom. The summed E-state index contributed by atoms with van der Waals surface area (Å²) in [6.07, 6.45) is 0.855. The van der Waals surface area contributed by atoms with Crippen LogP contribution in [0.15, 0.2) is 36.4 Å². The topological polar surface area (TPSA) is 77.1 Å². The summed E-state index contributed by atoms with van der Waals surface area (Å²) in [6, 6.07) is 11.8. The van der Waals surface area contributed by atoms with Gasteiger partial charge in [0, 0.05) is 28.4 Å². The Bertz CT molecular complexity index is 1020. The van der Waals surface area contributed by atoms with Crippen molar-refractivity contribution in [2.45, 2.75) is 38.6 Å². The van der Waals surface area contributed by atoms with Gasteiger partial charge in [0.15, 0.2) is 0 Å². The van der Waals surface area contributed by atoms with E-state index >= 15 is 0 Å². The molecule has 0 spiro atoms. The second-order valence-electron chi connectivity index (χ2n) is 7.01. The van der Waals surface area contributed by atoms with Crippen LogP contribution in [0.2, 0.25) is 0 Å². The van der Waals surface area contributed by atoms with Gasteiger partial charge in [-0.1, -0.05) is 32.0 Å². The number of hydrogen-bond donors (Lipinski definition) is 2. The van der Waals surface area contributed by atoms with Crippen LogP contribution in [0.25, 0.3) is 21.8 Å². The fourth-order valence-corrected chi connectivity index (χ4v) is 3.84. The predicted octanol–water partition coefficient (Wildman–Crippen LogP) is 3.48. The minimum atomic E-state index is -0.399. The number of nitrogen functional groups attached to an aromatic ring is 1. The van der Waals surface area contributed by atoms with E-state index in [0.717, 1.165) is 33.1 Å². The maximum absolute atomic E-state index is 12.5. The number of amides is 2. The summed E-state index contributed by atoms with van der Waals surface area (Å²) < 4.78 is 2.03. The van der Waals surface area contributed by atoms with E-state index in [4.69, 9.17) is 5.73 Å². The van der Waals surface area contributed by atoms with E-state index in [0.29, 0.717) is 18.8 Å². The molecule has 1 aromatic heterocycles. The van der Waals surface area contributed by atoms with Gasteiger partial charge in [-0.2, -0.15) is 0 Å². The van der Waals surface area contributed by atoms with Crippen LogP contribution >= 0.6 is 0 Å². The van der Waals surface area contributed by atoms with Crippen LogP contribution in [0.1, 0.15) is 44.2 Å². The van der Waals surface area contributed by atoms with Crippen LogP contribution in [-0.2, 0) is 9.59 Å². The lowest BCUT2D eigenvalue weighted by Gasteiger charge is -2.24. The normalized spacial score (nSPS) is 18.3. The number of nitrogens with two attached hydrogens (primary N) is 1. The SMILES string of the molecule is CC(C)c1cc2c3ccccc3n(C3CCC(=O)NC3=O)c2cc1N. The van der Waals surface area contributed by atoms with E-state index in [1.54, 1.807) is 0 Å². The van der Waals surface area contributed by atoms with E-state index in [2.05, 4.69) is 31.3 Å². The van der Waals surface area contributed by atoms with Gasteiger partial charge in [-0.15, -0.1) is 0 Å². The van der Waals surface area contributed by atoms with Gasteiger partial charge in [0.1, 0.15) is 6.04 Å². The molecule has 0 bridgehead atoms. The lowest BCUT2D eigenvalue weighted by atomic mass is 9.98. The molecular weight excluding hydrogens is 314 g/mol. The van der Waals surface area contributed by atoms with Crippen molar-refractivity contribution in [3.05, 3.63) is 42.0 Å². The number of imide groups is 1. The zero-order valence-electron chi connectivity index (χ0n) is 14.4. The van der Waals surface area contributed by atoms with E-state index in [1.807, 2.05) is 28.8 Å². The van der Waals surface area contributed by atoms with Gasteiger partial charge >= 0.3 is 0 Å². The molecule has 2 heterocycles. The molecule has 1 aliphatic rings. The minimum Gasteiger partial charge on any atom is -0.398 e. The quantitative estimate of drug-likeness (QED) is 0.556. The zero-order valence-corrected chi connectivity index (χ0v) is 14.4. The molecule has 0 radical (unpaired) electrons. The maximum atomic E-state index is 12.5. The first-order valence-corrected chi connectivity index (χ1v) is 8.63. The number of carbonyl (C=O) groups excluding carboxylic acids is 2. The summed E-state index contributed by atoms with van der Waals surface area (Å²) in [5.41, 5.74) is 10.1. The van der Waals surface area contributed by atoms with Crippen LogP contribution in [0.3, 0.4) is 0 Å². The first-order valence-electron chi connectivity index (χ1n) is 8.63. The maximum Gasteiger partial charge on any atom is 0.249 e. The van der Waals surface area contributed by atoms with Gasteiger partial charge in [-0.3, -0.25) is 14.9 Å². The number of anilines is 1. The number of aromatic nitrogens is 1. The predicted molar refractivity (Wildman–Crippen MR) is 99.4 cm³/mol. The number of para-hydroxylation sites is 1. The van der Waals surface area contributed by atoms with Gasteiger partial charge in [0.25, 0.3) is 0 Å². The molecule has 2 aromatic carbocycles. The third kappa shape index (κ3) is 2.38. The molecule has 4 rings (SSSR count). The van der Waals surface area contributed by atoms with Crippen LogP contribution in [0.5, 0.6) is 0 Å². The summed E-state index contributed by atoms with van der Waals surface area (Å²) in [5, 5.41) is 4.66. The Kier molecular flexibility index (Phi) is 3.53. The van der Waals surface area contributed by atoms with Crippen molar-refractivity contribution in [1.29, 1.82) is 0 Å². The molecule has 3 N–H and O–H groups in total. The molecule has 1 atom stereocenters. The summed E-state index contributed by atoms with van der Waals surface area (Å²) in [5.74, 6) is -0.129. The fraction of sp³-hybridized carbons (Fsp3) is 0.300. The van der Waals surface area contributed by atoms with E-state index < -0.39 is 6.04 Å². The molecule has 5 nitrogen and oxygen atoms in total. The van der Waals surface area contributed by atoms with Crippen molar-refractivity contribution in [1.82, 2.24) is 9.88 Å². The van der Waals surface area contributed by atoms with Crippen molar-refractivity contribution in [3.8, 4) is 0 Å². The first-order chi connectivity index (χ1) is 12.0. The average Bonchev–Trinajstić information content (AvgIpc) is 2.87. The van der Waals surface area contributed by atoms with Crippen LogP contribution < -0.4 is 11.1 Å². The highest BCUT2D eigenvalue weighted by molar-refractivity contribution is 6.11. The van der Waals surface area contributed by atoms with E-state index in [9.17, 15) is 9.59 Å². The second kappa shape index (κ2) is 5.62. The van der Waals surface area contributed by atoms with Crippen LogP contribution in [-0.4, -0.2) is 16.4 Å². The summed E-state index contributed by atoms with van der Waals surface area (Å²) in [6.45, 7) is 4.24. The van der Waals surface area contributed by atoms with Gasteiger partial charge in [0.05, 0.1) is 5.52 Å². The third-order valence-corrected chi connectivity index (χ3v) is 5.06. The molecule has 1 unspecified atom stereocenters. The van der Waals surface area contributed by atoms with Crippen molar-refractivity contribution in [2.75, 3.05) is 5.73 Å². The molecule has 3 aromatic rings. The Labute approximate surface area is 145 Å². The number of nitrogens with zero attached hydrogens (tertiary/aromatic N) is 1. The molecule has 2 amide bonds. The molecule has 1 saturated heterocycles. The van der Waals surface area contributed by atoms with Crippen molar-refractivity contribution in [3.63, 3.8) is 0 Å². The number of fused-ring (bicyclic) bond motifs is 3. The highest BCUT2D eigenvalue weighted by atomic mass is 16.2. The Balaban J connectivity index is 2.04. The second-order valence-corrected chi connectivity index (χ2v) is 7.01.